The zero-order valence-corrected chi connectivity index (χ0v) is 21.7. The van der Waals surface area contributed by atoms with Crippen molar-refractivity contribution in [2.24, 2.45) is 5.73 Å². The number of sulfonamides is 1. The fourth-order valence-electron chi connectivity index (χ4n) is 3.50. The lowest BCUT2D eigenvalue weighted by molar-refractivity contribution is 0.262. The molecule has 0 saturated carbocycles. The van der Waals surface area contributed by atoms with E-state index in [0.29, 0.717) is 23.5 Å². The van der Waals surface area contributed by atoms with Gasteiger partial charge in [0.25, 0.3) is 10.0 Å². The van der Waals surface area contributed by atoms with Gasteiger partial charge in [-0.15, -0.1) is 0 Å². The van der Waals surface area contributed by atoms with Gasteiger partial charge in [-0.05, 0) is 85.3 Å². The number of nitrogens with one attached hydrogen (secondary N) is 3. The van der Waals surface area contributed by atoms with Crippen LogP contribution in [0.25, 0.3) is 0 Å². The second kappa shape index (κ2) is 10.1. The minimum atomic E-state index is -3.77. The molecule has 186 valence electrons. The monoisotopic (exact) mass is 494 g/mol. The summed E-state index contributed by atoms with van der Waals surface area (Å²) in [5.74, 6) is 0. The standard InChI is InChI=1S/C27H34N4O3S/c1-26(2,3)20-8-12-21(13-9-20)29-25(32)30-22-14-16-24(17-15-22)35(33,34)31-23-10-6-19(7-11-23)18-27(4,5)28/h6-17,31H,18,28H2,1-5H3,(H2,29,30,32). The van der Waals surface area contributed by atoms with E-state index < -0.39 is 16.1 Å². The zero-order valence-electron chi connectivity index (χ0n) is 20.8. The summed E-state index contributed by atoms with van der Waals surface area (Å²) in [6.45, 7) is 10.3. The number of hydrogen-bond donors (Lipinski definition) is 4. The molecule has 3 rings (SSSR count). The van der Waals surface area contributed by atoms with E-state index in [4.69, 9.17) is 5.73 Å². The molecule has 0 unspecified atom stereocenters. The molecule has 8 heteroatoms. The third kappa shape index (κ3) is 7.83. The van der Waals surface area contributed by atoms with Crippen LogP contribution in [-0.2, 0) is 21.9 Å². The number of rotatable bonds is 7. The van der Waals surface area contributed by atoms with E-state index in [9.17, 15) is 13.2 Å². The minimum absolute atomic E-state index is 0.0306. The first-order valence-electron chi connectivity index (χ1n) is 11.4. The predicted molar refractivity (Wildman–Crippen MR) is 143 cm³/mol. The second-order valence-corrected chi connectivity index (χ2v) is 12.1. The zero-order chi connectivity index (χ0) is 25.9. The summed E-state index contributed by atoms with van der Waals surface area (Å²) in [6, 6.07) is 20.4. The Hall–Kier alpha value is -3.36. The first-order valence-corrected chi connectivity index (χ1v) is 12.9. The van der Waals surface area contributed by atoms with Crippen LogP contribution in [0.5, 0.6) is 0 Å². The number of nitrogens with two attached hydrogens (primary N) is 1. The lowest BCUT2D eigenvalue weighted by atomic mass is 9.87. The SMILES string of the molecule is CC(C)(N)Cc1ccc(NS(=O)(=O)c2ccc(NC(=O)Nc3ccc(C(C)(C)C)cc3)cc2)cc1. The molecular formula is C27H34N4O3S. The summed E-state index contributed by atoms with van der Waals surface area (Å²) in [5.41, 5.74) is 9.53. The van der Waals surface area contributed by atoms with Crippen LogP contribution in [-0.4, -0.2) is 20.0 Å². The molecule has 7 nitrogen and oxygen atoms in total. The van der Waals surface area contributed by atoms with Crippen molar-refractivity contribution in [1.29, 1.82) is 0 Å². The van der Waals surface area contributed by atoms with E-state index in [0.717, 1.165) is 5.56 Å². The summed E-state index contributed by atoms with van der Waals surface area (Å²) in [4.78, 5) is 12.4. The maximum Gasteiger partial charge on any atom is 0.323 e. The van der Waals surface area contributed by atoms with Crippen LogP contribution < -0.4 is 21.1 Å². The van der Waals surface area contributed by atoms with Gasteiger partial charge in [0.05, 0.1) is 4.90 Å². The highest BCUT2D eigenvalue weighted by molar-refractivity contribution is 7.92. The Bertz CT molecular complexity index is 1250. The molecule has 0 saturated heterocycles. The maximum absolute atomic E-state index is 12.8. The molecule has 2 amide bonds. The second-order valence-electron chi connectivity index (χ2n) is 10.4. The molecule has 0 bridgehead atoms. The largest absolute Gasteiger partial charge is 0.325 e. The number of anilines is 3. The predicted octanol–water partition coefficient (Wildman–Crippen LogP) is 5.71. The number of amides is 2. The van der Waals surface area contributed by atoms with Crippen molar-refractivity contribution in [3.05, 3.63) is 83.9 Å². The molecule has 5 N–H and O–H groups in total. The van der Waals surface area contributed by atoms with Crippen LogP contribution >= 0.6 is 0 Å². The maximum atomic E-state index is 12.8. The molecule has 35 heavy (non-hydrogen) atoms. The van der Waals surface area contributed by atoms with Crippen molar-refractivity contribution in [2.75, 3.05) is 15.4 Å². The molecule has 0 radical (unpaired) electrons. The van der Waals surface area contributed by atoms with Crippen LogP contribution in [0.15, 0.2) is 77.7 Å². The lowest BCUT2D eigenvalue weighted by Gasteiger charge is -2.19. The lowest BCUT2D eigenvalue weighted by Crippen LogP contribution is -2.34. The quantitative estimate of drug-likeness (QED) is 0.337. The Morgan fingerprint density at radius 1 is 0.743 bits per heavy atom. The third-order valence-corrected chi connectivity index (χ3v) is 6.69. The van der Waals surface area contributed by atoms with E-state index in [1.165, 1.54) is 17.7 Å². The molecule has 0 aliphatic heterocycles. The molecule has 0 fully saturated rings. The molecule has 3 aromatic carbocycles. The van der Waals surface area contributed by atoms with Crippen molar-refractivity contribution in [1.82, 2.24) is 0 Å². The summed E-state index contributed by atoms with van der Waals surface area (Å²) in [5, 5.41) is 5.49. The Morgan fingerprint density at radius 2 is 1.20 bits per heavy atom. The number of benzene rings is 3. The van der Waals surface area contributed by atoms with E-state index in [1.54, 1.807) is 24.3 Å². The van der Waals surface area contributed by atoms with E-state index >= 15 is 0 Å². The van der Waals surface area contributed by atoms with E-state index in [2.05, 4.69) is 36.1 Å². The van der Waals surface area contributed by atoms with Gasteiger partial charge in [0.1, 0.15) is 0 Å². The van der Waals surface area contributed by atoms with Crippen molar-refractivity contribution in [3.8, 4) is 0 Å². The summed E-state index contributed by atoms with van der Waals surface area (Å²) in [6.07, 6.45) is 0.685. The van der Waals surface area contributed by atoms with E-state index in [1.807, 2.05) is 50.2 Å². The smallest absolute Gasteiger partial charge is 0.323 e. The highest BCUT2D eigenvalue weighted by Gasteiger charge is 2.16. The molecule has 0 spiro atoms. The Kier molecular flexibility index (Phi) is 7.57. The van der Waals surface area contributed by atoms with Crippen molar-refractivity contribution in [2.45, 2.75) is 56.9 Å². The normalized spacial score (nSPS) is 12.2. The van der Waals surface area contributed by atoms with Gasteiger partial charge in [-0.1, -0.05) is 45.0 Å². The van der Waals surface area contributed by atoms with Crippen LogP contribution in [0.3, 0.4) is 0 Å². The topological polar surface area (TPSA) is 113 Å². The van der Waals surface area contributed by atoms with Gasteiger partial charge < -0.3 is 16.4 Å². The Labute approximate surface area is 208 Å². The third-order valence-electron chi connectivity index (χ3n) is 5.30. The van der Waals surface area contributed by atoms with Crippen LogP contribution in [0.4, 0.5) is 21.9 Å². The Morgan fingerprint density at radius 3 is 1.66 bits per heavy atom. The van der Waals surface area contributed by atoms with Gasteiger partial charge in [-0.25, -0.2) is 13.2 Å². The molecule has 0 heterocycles. The average molecular weight is 495 g/mol. The van der Waals surface area contributed by atoms with Gasteiger partial charge in [0.15, 0.2) is 0 Å². The summed E-state index contributed by atoms with van der Waals surface area (Å²) >= 11 is 0. The van der Waals surface area contributed by atoms with Crippen LogP contribution in [0, 0.1) is 0 Å². The molecule has 0 aromatic heterocycles. The molecular weight excluding hydrogens is 460 g/mol. The number of carbonyl (C=O) groups is 1. The number of hydrogen-bond acceptors (Lipinski definition) is 4. The molecule has 0 aliphatic carbocycles. The number of urea groups is 1. The van der Waals surface area contributed by atoms with Gasteiger partial charge in [0.2, 0.25) is 0 Å². The van der Waals surface area contributed by atoms with Gasteiger partial charge >= 0.3 is 6.03 Å². The van der Waals surface area contributed by atoms with Gasteiger partial charge in [-0.3, -0.25) is 4.72 Å². The van der Waals surface area contributed by atoms with Crippen LogP contribution in [0.2, 0.25) is 0 Å². The average Bonchev–Trinajstić information content (AvgIpc) is 2.74. The van der Waals surface area contributed by atoms with E-state index in [-0.39, 0.29) is 15.8 Å². The fourth-order valence-corrected chi connectivity index (χ4v) is 4.55. The number of carbonyl (C=O) groups excluding carboxylic acids is 1. The molecule has 3 aromatic rings. The van der Waals surface area contributed by atoms with Crippen molar-refractivity contribution in [3.63, 3.8) is 0 Å². The highest BCUT2D eigenvalue weighted by atomic mass is 32.2. The highest BCUT2D eigenvalue weighted by Crippen LogP contribution is 2.24. The minimum Gasteiger partial charge on any atom is -0.325 e. The fraction of sp³-hybridized carbons (Fsp3) is 0.296. The molecule has 0 atom stereocenters. The summed E-state index contributed by atoms with van der Waals surface area (Å²) < 4.78 is 28.1. The summed E-state index contributed by atoms with van der Waals surface area (Å²) in [7, 11) is -3.77. The van der Waals surface area contributed by atoms with Crippen LogP contribution in [0.1, 0.15) is 45.7 Å². The Balaban J connectivity index is 1.60. The first kappa shape index (κ1) is 26.2. The van der Waals surface area contributed by atoms with Gasteiger partial charge in [-0.2, -0.15) is 0 Å². The first-order chi connectivity index (χ1) is 16.2. The molecule has 0 aliphatic rings. The van der Waals surface area contributed by atoms with Crippen molar-refractivity contribution < 1.29 is 13.2 Å². The van der Waals surface area contributed by atoms with Gasteiger partial charge in [0, 0.05) is 22.6 Å². The van der Waals surface area contributed by atoms with Crippen molar-refractivity contribution >= 4 is 33.1 Å².